The van der Waals surface area contributed by atoms with E-state index in [-0.39, 0.29) is 22.5 Å². The van der Waals surface area contributed by atoms with Crippen LogP contribution in [0.25, 0.3) is 0 Å². The number of primary sulfonamides is 1. The van der Waals surface area contributed by atoms with Crippen molar-refractivity contribution < 1.29 is 13.2 Å². The van der Waals surface area contributed by atoms with Gasteiger partial charge in [-0.3, -0.25) is 0 Å². The van der Waals surface area contributed by atoms with Gasteiger partial charge in [-0.15, -0.1) is 0 Å². The fourth-order valence-corrected chi connectivity index (χ4v) is 3.28. The molecule has 1 aliphatic rings. The lowest BCUT2D eigenvalue weighted by Crippen LogP contribution is -2.58. The van der Waals surface area contributed by atoms with E-state index in [1.54, 1.807) is 12.1 Å². The molecule has 0 radical (unpaired) electrons. The molecule has 0 bridgehead atoms. The highest BCUT2D eigenvalue weighted by molar-refractivity contribution is 7.89. The molecular formula is C15H24N2O3S. The van der Waals surface area contributed by atoms with Gasteiger partial charge >= 0.3 is 0 Å². The molecule has 118 valence electrons. The third kappa shape index (κ3) is 3.22. The molecule has 2 rings (SSSR count). The molecule has 0 aromatic heterocycles. The monoisotopic (exact) mass is 312 g/mol. The van der Waals surface area contributed by atoms with Crippen molar-refractivity contribution in [1.82, 2.24) is 0 Å². The zero-order chi connectivity index (χ0) is 15.8. The molecule has 1 aromatic carbocycles. The topological polar surface area (TPSA) is 81.4 Å². The average molecular weight is 312 g/mol. The van der Waals surface area contributed by atoms with Gasteiger partial charge in [-0.05, 0) is 38.0 Å². The molecule has 1 aromatic rings. The van der Waals surface area contributed by atoms with E-state index in [0.29, 0.717) is 6.61 Å². The van der Waals surface area contributed by atoms with Gasteiger partial charge in [0.25, 0.3) is 0 Å². The maximum atomic E-state index is 11.5. The van der Waals surface area contributed by atoms with Crippen molar-refractivity contribution in [3.63, 3.8) is 0 Å². The van der Waals surface area contributed by atoms with Gasteiger partial charge in [0.15, 0.2) is 0 Å². The summed E-state index contributed by atoms with van der Waals surface area (Å²) in [6.45, 7) is 8.97. The predicted octanol–water partition coefficient (Wildman–Crippen LogP) is 2.26. The first-order valence-corrected chi connectivity index (χ1v) is 8.72. The van der Waals surface area contributed by atoms with Gasteiger partial charge in [-0.1, -0.05) is 19.9 Å². The van der Waals surface area contributed by atoms with Crippen molar-refractivity contribution in [1.29, 1.82) is 0 Å². The Morgan fingerprint density at radius 1 is 1.43 bits per heavy atom. The Kier molecular flexibility index (Phi) is 4.33. The van der Waals surface area contributed by atoms with Crippen LogP contribution in [0.15, 0.2) is 23.1 Å². The molecule has 0 amide bonds. The van der Waals surface area contributed by atoms with Crippen LogP contribution < -0.4 is 10.5 Å². The fraction of sp³-hybridized carbons (Fsp3) is 0.600. The molecular weight excluding hydrogens is 288 g/mol. The third-order valence-electron chi connectivity index (χ3n) is 4.41. The standard InChI is InChI=1S/C15H24N2O3S/c1-5-20-14-9-13(15(14,3)4)17-12-8-11(21(16,18)19)7-6-10(12)2/h6-8,13-14,17H,5,9H2,1-4H3,(H2,16,18,19). The first-order valence-electron chi connectivity index (χ1n) is 7.18. The summed E-state index contributed by atoms with van der Waals surface area (Å²) in [4.78, 5) is 0.133. The number of benzene rings is 1. The Bertz CT molecular complexity index is 626. The highest BCUT2D eigenvalue weighted by Crippen LogP contribution is 2.44. The van der Waals surface area contributed by atoms with E-state index < -0.39 is 10.0 Å². The normalized spacial score (nSPS) is 24.4. The summed E-state index contributed by atoms with van der Waals surface area (Å²) in [5.41, 5.74) is 1.83. The van der Waals surface area contributed by atoms with Crippen molar-refractivity contribution in [3.8, 4) is 0 Å². The quantitative estimate of drug-likeness (QED) is 0.874. The Morgan fingerprint density at radius 2 is 2.10 bits per heavy atom. The van der Waals surface area contributed by atoms with Gasteiger partial charge in [0.1, 0.15) is 0 Å². The number of ether oxygens (including phenoxy) is 1. The lowest BCUT2D eigenvalue weighted by molar-refractivity contribution is -0.0976. The minimum absolute atomic E-state index is 0.0139. The molecule has 6 heteroatoms. The van der Waals surface area contributed by atoms with E-state index in [9.17, 15) is 8.42 Å². The van der Waals surface area contributed by atoms with Gasteiger partial charge in [0.05, 0.1) is 11.0 Å². The van der Waals surface area contributed by atoms with Crippen molar-refractivity contribution in [3.05, 3.63) is 23.8 Å². The molecule has 0 aliphatic heterocycles. The van der Waals surface area contributed by atoms with E-state index in [1.807, 2.05) is 13.8 Å². The SMILES string of the molecule is CCOC1CC(Nc2cc(S(N)(=O)=O)ccc2C)C1(C)C. The first-order chi connectivity index (χ1) is 9.66. The molecule has 1 fully saturated rings. The van der Waals surface area contributed by atoms with Crippen LogP contribution in [0.3, 0.4) is 0 Å². The molecule has 1 aliphatic carbocycles. The lowest BCUT2D eigenvalue weighted by Gasteiger charge is -2.52. The second-order valence-corrected chi connectivity index (χ2v) is 7.78. The highest BCUT2D eigenvalue weighted by Gasteiger charge is 2.48. The molecule has 0 saturated heterocycles. The zero-order valence-corrected chi connectivity index (χ0v) is 13.8. The van der Waals surface area contributed by atoms with Crippen LogP contribution in [-0.4, -0.2) is 27.2 Å². The van der Waals surface area contributed by atoms with E-state index in [2.05, 4.69) is 19.2 Å². The number of rotatable bonds is 5. The summed E-state index contributed by atoms with van der Waals surface area (Å²) in [5.74, 6) is 0. The van der Waals surface area contributed by atoms with Crippen LogP contribution in [-0.2, 0) is 14.8 Å². The summed E-state index contributed by atoms with van der Waals surface area (Å²) in [6.07, 6.45) is 1.15. The molecule has 21 heavy (non-hydrogen) atoms. The van der Waals surface area contributed by atoms with Crippen LogP contribution >= 0.6 is 0 Å². The molecule has 1 saturated carbocycles. The van der Waals surface area contributed by atoms with E-state index >= 15 is 0 Å². The molecule has 2 unspecified atom stereocenters. The van der Waals surface area contributed by atoms with Crippen molar-refractivity contribution in [2.75, 3.05) is 11.9 Å². The number of nitrogens with two attached hydrogens (primary N) is 1. The van der Waals surface area contributed by atoms with Crippen LogP contribution in [0.5, 0.6) is 0 Å². The van der Waals surface area contributed by atoms with Gasteiger partial charge in [0.2, 0.25) is 10.0 Å². The highest BCUT2D eigenvalue weighted by atomic mass is 32.2. The number of nitrogens with one attached hydrogen (secondary N) is 1. The summed E-state index contributed by atoms with van der Waals surface area (Å²) in [6, 6.07) is 5.16. The van der Waals surface area contributed by atoms with Crippen LogP contribution in [0.2, 0.25) is 0 Å². The smallest absolute Gasteiger partial charge is 0.238 e. The Labute approximate surface area is 126 Å². The van der Waals surface area contributed by atoms with E-state index in [4.69, 9.17) is 9.88 Å². The zero-order valence-electron chi connectivity index (χ0n) is 13.0. The van der Waals surface area contributed by atoms with Crippen LogP contribution in [0.4, 0.5) is 5.69 Å². The maximum absolute atomic E-state index is 11.5. The molecule has 0 spiro atoms. The van der Waals surface area contributed by atoms with E-state index in [1.165, 1.54) is 6.07 Å². The number of hydrogen-bond donors (Lipinski definition) is 2. The molecule has 3 N–H and O–H groups in total. The van der Waals surface area contributed by atoms with Gasteiger partial charge < -0.3 is 10.1 Å². The van der Waals surface area contributed by atoms with Crippen LogP contribution in [0.1, 0.15) is 32.8 Å². The van der Waals surface area contributed by atoms with Gasteiger partial charge in [-0.25, -0.2) is 13.6 Å². The third-order valence-corrected chi connectivity index (χ3v) is 5.32. The number of aryl methyl sites for hydroxylation is 1. The second kappa shape index (κ2) is 5.59. The first kappa shape index (κ1) is 16.3. The summed E-state index contributed by atoms with van der Waals surface area (Å²) in [7, 11) is -3.68. The average Bonchev–Trinajstić information content (AvgIpc) is 2.38. The summed E-state index contributed by atoms with van der Waals surface area (Å²) < 4.78 is 28.6. The minimum Gasteiger partial charge on any atom is -0.381 e. The lowest BCUT2D eigenvalue weighted by atomic mass is 9.64. The molecule has 2 atom stereocenters. The Morgan fingerprint density at radius 3 is 2.62 bits per heavy atom. The van der Waals surface area contributed by atoms with Crippen molar-refractivity contribution >= 4 is 15.7 Å². The minimum atomic E-state index is -3.68. The molecule has 5 nitrogen and oxygen atoms in total. The second-order valence-electron chi connectivity index (χ2n) is 6.22. The number of sulfonamides is 1. The predicted molar refractivity (Wildman–Crippen MR) is 83.8 cm³/mol. The Hall–Kier alpha value is -1.11. The van der Waals surface area contributed by atoms with Crippen molar-refractivity contribution in [2.45, 2.75) is 51.2 Å². The fourth-order valence-electron chi connectivity index (χ4n) is 2.74. The number of anilines is 1. The number of hydrogen-bond acceptors (Lipinski definition) is 4. The van der Waals surface area contributed by atoms with Gasteiger partial charge in [0, 0.05) is 23.8 Å². The maximum Gasteiger partial charge on any atom is 0.238 e. The largest absolute Gasteiger partial charge is 0.381 e. The summed E-state index contributed by atoms with van der Waals surface area (Å²) in [5, 5.41) is 8.63. The van der Waals surface area contributed by atoms with Crippen molar-refractivity contribution in [2.24, 2.45) is 10.6 Å². The van der Waals surface area contributed by atoms with E-state index in [0.717, 1.165) is 17.7 Å². The van der Waals surface area contributed by atoms with Gasteiger partial charge in [-0.2, -0.15) is 0 Å². The Balaban J connectivity index is 2.18. The van der Waals surface area contributed by atoms with Crippen LogP contribution in [0, 0.1) is 12.3 Å². The summed E-state index contributed by atoms with van der Waals surface area (Å²) >= 11 is 0. The molecule has 0 heterocycles.